The van der Waals surface area contributed by atoms with Gasteiger partial charge in [0.05, 0.1) is 30.7 Å². The number of pyridine rings is 1. The zero-order valence-electron chi connectivity index (χ0n) is 20.8. The summed E-state index contributed by atoms with van der Waals surface area (Å²) in [5.41, 5.74) is 11.1. The van der Waals surface area contributed by atoms with Crippen LogP contribution < -0.4 is 10.5 Å². The maximum atomic E-state index is 12.8. The molecular formula is C28H28N6O3. The second kappa shape index (κ2) is 9.01. The number of carbonyl (C=O) groups excluding carboxylic acids is 1. The van der Waals surface area contributed by atoms with Crippen molar-refractivity contribution in [3.05, 3.63) is 72.8 Å². The number of fused-ring (bicyclic) bond motifs is 3. The molecule has 0 spiro atoms. The van der Waals surface area contributed by atoms with Crippen molar-refractivity contribution in [2.75, 3.05) is 18.9 Å². The van der Waals surface area contributed by atoms with E-state index < -0.39 is 0 Å². The van der Waals surface area contributed by atoms with Gasteiger partial charge >= 0.3 is 0 Å². The Hall–Kier alpha value is -4.24. The van der Waals surface area contributed by atoms with Crippen molar-refractivity contribution in [2.24, 2.45) is 7.05 Å². The predicted octanol–water partition coefficient (Wildman–Crippen LogP) is 3.98. The second-order valence-electron chi connectivity index (χ2n) is 9.57. The van der Waals surface area contributed by atoms with Crippen molar-refractivity contribution in [1.29, 1.82) is 0 Å². The zero-order chi connectivity index (χ0) is 25.7. The fourth-order valence-corrected chi connectivity index (χ4v) is 5.85. The van der Waals surface area contributed by atoms with Gasteiger partial charge in [-0.1, -0.05) is 24.8 Å². The minimum absolute atomic E-state index is 0.00106. The molecule has 6 rings (SSSR count). The maximum Gasteiger partial charge on any atom is 0.246 e. The van der Waals surface area contributed by atoms with E-state index in [1.807, 2.05) is 61.3 Å². The Bertz CT molecular complexity index is 1510. The van der Waals surface area contributed by atoms with Crippen LogP contribution in [0.4, 0.5) is 5.82 Å². The summed E-state index contributed by atoms with van der Waals surface area (Å²) in [4.78, 5) is 28.0. The van der Waals surface area contributed by atoms with Crippen LogP contribution >= 0.6 is 0 Å². The highest BCUT2D eigenvalue weighted by Gasteiger charge is 2.48. The zero-order valence-corrected chi connectivity index (χ0v) is 20.8. The number of hydrogen-bond acceptors (Lipinski definition) is 7. The fraction of sp³-hybridized carbons (Fsp3) is 0.286. The van der Waals surface area contributed by atoms with Crippen LogP contribution in [0, 0.1) is 6.92 Å². The largest absolute Gasteiger partial charge is 0.439 e. The van der Waals surface area contributed by atoms with Crippen LogP contribution in [0.3, 0.4) is 0 Å². The molecule has 0 saturated carbocycles. The minimum Gasteiger partial charge on any atom is -0.439 e. The molecule has 1 amide bonds. The fourth-order valence-electron chi connectivity index (χ4n) is 5.85. The molecule has 2 saturated heterocycles. The van der Waals surface area contributed by atoms with Gasteiger partial charge in [0.15, 0.2) is 0 Å². The molecule has 3 aromatic heterocycles. The molecule has 188 valence electrons. The van der Waals surface area contributed by atoms with Crippen LogP contribution in [0.25, 0.3) is 22.2 Å². The van der Waals surface area contributed by atoms with E-state index in [0.29, 0.717) is 30.7 Å². The molecule has 2 fully saturated rings. The number of anilines is 1. The maximum absolute atomic E-state index is 12.8. The average molecular weight is 497 g/mol. The van der Waals surface area contributed by atoms with Crippen molar-refractivity contribution in [2.45, 2.75) is 31.3 Å². The number of nitrogens with two attached hydrogens (primary N) is 1. The number of ether oxygens (including phenoxy) is 2. The van der Waals surface area contributed by atoms with Gasteiger partial charge in [-0.3, -0.25) is 4.79 Å². The van der Waals surface area contributed by atoms with Crippen LogP contribution in [-0.4, -0.2) is 55.6 Å². The number of benzene rings is 1. The molecule has 2 bridgehead atoms. The summed E-state index contributed by atoms with van der Waals surface area (Å²) < 4.78 is 13.9. The standard InChI is InChI=1S/C28H28N6O3/c1-4-23(35)34-18-12-20(21(34)14-36-13-18)26-24(25-27(29)30-15-31-28(25)33(26)3)17-8-10-19(11-9-17)37-22-7-5-6-16(2)32-22/h4-11,15,18,20-21H,1,12-14H2,2-3H3,(H2,29,30,31). The molecule has 1 aromatic carbocycles. The van der Waals surface area contributed by atoms with Crippen LogP contribution in [0.5, 0.6) is 11.6 Å². The number of carbonyl (C=O) groups is 1. The van der Waals surface area contributed by atoms with Crippen LogP contribution in [0.2, 0.25) is 0 Å². The van der Waals surface area contributed by atoms with E-state index in [2.05, 4.69) is 26.1 Å². The molecule has 3 atom stereocenters. The summed E-state index contributed by atoms with van der Waals surface area (Å²) in [7, 11) is 2.00. The molecule has 9 heteroatoms. The first-order valence-electron chi connectivity index (χ1n) is 12.3. The molecule has 2 aliphatic heterocycles. The van der Waals surface area contributed by atoms with E-state index in [4.69, 9.17) is 15.2 Å². The Labute approximate surface area is 214 Å². The van der Waals surface area contributed by atoms with Crippen LogP contribution in [0.15, 0.2) is 61.4 Å². The number of hydrogen-bond donors (Lipinski definition) is 1. The lowest BCUT2D eigenvalue weighted by atomic mass is 9.90. The van der Waals surface area contributed by atoms with E-state index in [1.54, 1.807) is 0 Å². The van der Waals surface area contributed by atoms with Gasteiger partial charge in [0.25, 0.3) is 0 Å². The lowest BCUT2D eigenvalue weighted by Gasteiger charge is -2.35. The molecule has 37 heavy (non-hydrogen) atoms. The minimum atomic E-state index is -0.102. The first-order valence-corrected chi connectivity index (χ1v) is 12.3. The third kappa shape index (κ3) is 3.82. The first kappa shape index (κ1) is 23.2. The summed E-state index contributed by atoms with van der Waals surface area (Å²) in [5.74, 6) is 1.62. The monoisotopic (exact) mass is 496 g/mol. The lowest BCUT2D eigenvalue weighted by molar-refractivity contribution is -0.135. The molecule has 4 aromatic rings. The van der Waals surface area contributed by atoms with Gasteiger partial charge in [-0.05, 0) is 43.2 Å². The van der Waals surface area contributed by atoms with Crippen molar-refractivity contribution >= 4 is 22.8 Å². The Morgan fingerprint density at radius 3 is 2.76 bits per heavy atom. The Balaban J connectivity index is 1.46. The molecule has 2 aliphatic rings. The number of morpholine rings is 1. The first-order chi connectivity index (χ1) is 18.0. The molecule has 0 aliphatic carbocycles. The van der Waals surface area contributed by atoms with Crippen molar-refractivity contribution < 1.29 is 14.3 Å². The molecule has 5 heterocycles. The van der Waals surface area contributed by atoms with E-state index in [9.17, 15) is 4.79 Å². The number of aromatic nitrogens is 4. The normalized spacial score (nSPS) is 20.8. The quantitative estimate of drug-likeness (QED) is 0.416. The highest BCUT2D eigenvalue weighted by molar-refractivity contribution is 6.02. The predicted molar refractivity (Wildman–Crippen MR) is 140 cm³/mol. The topological polar surface area (TPSA) is 108 Å². The third-order valence-electron chi connectivity index (χ3n) is 7.39. The van der Waals surface area contributed by atoms with Gasteiger partial charge in [-0.15, -0.1) is 0 Å². The highest BCUT2D eigenvalue weighted by Crippen LogP contribution is 2.47. The van der Waals surface area contributed by atoms with Gasteiger partial charge in [0.2, 0.25) is 11.8 Å². The Morgan fingerprint density at radius 2 is 2.00 bits per heavy atom. The van der Waals surface area contributed by atoms with E-state index >= 15 is 0 Å². The number of nitrogens with zero attached hydrogens (tertiary/aromatic N) is 5. The summed E-state index contributed by atoms with van der Waals surface area (Å²) in [6.07, 6.45) is 3.66. The van der Waals surface area contributed by atoms with Gasteiger partial charge < -0.3 is 24.7 Å². The molecule has 9 nitrogen and oxygen atoms in total. The Morgan fingerprint density at radius 1 is 1.19 bits per heavy atom. The summed E-state index contributed by atoms with van der Waals surface area (Å²) in [6, 6.07) is 13.4. The SMILES string of the molecule is C=CC(=O)N1C2COCC1C(c1c(-c3ccc(Oc4cccc(C)n4)cc3)c3c(N)ncnc3n1C)C2. The number of nitrogen functional groups attached to an aromatic ring is 1. The molecular weight excluding hydrogens is 468 g/mol. The number of amides is 1. The van der Waals surface area contributed by atoms with Crippen LogP contribution in [0.1, 0.15) is 23.7 Å². The summed E-state index contributed by atoms with van der Waals surface area (Å²) in [6.45, 7) is 6.63. The molecule has 2 N–H and O–H groups in total. The average Bonchev–Trinajstić information content (AvgIpc) is 3.31. The second-order valence-corrected chi connectivity index (χ2v) is 9.57. The lowest BCUT2D eigenvalue weighted by Crippen LogP contribution is -2.49. The highest BCUT2D eigenvalue weighted by atomic mass is 16.5. The van der Waals surface area contributed by atoms with Gasteiger partial charge in [0, 0.05) is 36.0 Å². The summed E-state index contributed by atoms with van der Waals surface area (Å²) >= 11 is 0. The van der Waals surface area contributed by atoms with Gasteiger partial charge in [0.1, 0.15) is 23.5 Å². The van der Waals surface area contributed by atoms with Crippen molar-refractivity contribution in [3.8, 4) is 22.8 Å². The van der Waals surface area contributed by atoms with Gasteiger partial charge in [-0.2, -0.15) is 0 Å². The smallest absolute Gasteiger partial charge is 0.246 e. The number of aryl methyl sites for hydroxylation is 2. The van der Waals surface area contributed by atoms with E-state index in [0.717, 1.165) is 40.0 Å². The van der Waals surface area contributed by atoms with Crippen molar-refractivity contribution in [1.82, 2.24) is 24.4 Å². The molecule has 3 unspecified atom stereocenters. The van der Waals surface area contributed by atoms with Crippen LogP contribution in [-0.2, 0) is 16.6 Å². The molecule has 0 radical (unpaired) electrons. The van der Waals surface area contributed by atoms with E-state index in [1.165, 1.54) is 12.4 Å². The number of rotatable bonds is 5. The summed E-state index contributed by atoms with van der Waals surface area (Å²) in [5, 5.41) is 0.804. The van der Waals surface area contributed by atoms with Crippen molar-refractivity contribution in [3.63, 3.8) is 0 Å². The van der Waals surface area contributed by atoms with Gasteiger partial charge in [-0.25, -0.2) is 15.0 Å². The van der Waals surface area contributed by atoms with E-state index in [-0.39, 0.29) is 23.9 Å². The third-order valence-corrected chi connectivity index (χ3v) is 7.39. The Kier molecular flexibility index (Phi) is 5.64.